The van der Waals surface area contributed by atoms with E-state index in [-0.39, 0.29) is 5.41 Å². The topological polar surface area (TPSA) is 84.4 Å². The van der Waals surface area contributed by atoms with Crippen LogP contribution in [0.25, 0.3) is 0 Å². The van der Waals surface area contributed by atoms with E-state index in [1.165, 1.54) is 0 Å². The van der Waals surface area contributed by atoms with E-state index in [1.807, 2.05) is 19.3 Å². The van der Waals surface area contributed by atoms with Gasteiger partial charge in [0.15, 0.2) is 5.16 Å². The molecule has 0 unspecified atom stereocenters. The molecular formula is C11H16N4OS. The molecule has 3 N–H and O–H groups in total. The van der Waals surface area contributed by atoms with Gasteiger partial charge in [-0.3, -0.25) is 0 Å². The molecule has 0 aromatic carbocycles. The summed E-state index contributed by atoms with van der Waals surface area (Å²) in [6.07, 6.45) is 6.55. The van der Waals surface area contributed by atoms with Crippen LogP contribution in [0.15, 0.2) is 22.7 Å². The molecule has 1 heterocycles. The average molecular weight is 252 g/mol. The van der Waals surface area contributed by atoms with Gasteiger partial charge in [-0.2, -0.15) is 0 Å². The first-order valence-corrected chi connectivity index (χ1v) is 6.50. The maximum absolute atomic E-state index is 8.57. The van der Waals surface area contributed by atoms with Crippen LogP contribution in [0.1, 0.15) is 24.8 Å². The summed E-state index contributed by atoms with van der Waals surface area (Å²) < 4.78 is 0. The molecule has 0 amide bonds. The zero-order valence-corrected chi connectivity index (χ0v) is 10.6. The summed E-state index contributed by atoms with van der Waals surface area (Å²) in [5.74, 6) is 1.24. The smallest absolute Gasteiger partial charge is 0.187 e. The third-order valence-electron chi connectivity index (χ3n) is 2.91. The highest BCUT2D eigenvalue weighted by atomic mass is 32.2. The summed E-state index contributed by atoms with van der Waals surface area (Å²) in [6.45, 7) is 1.97. The van der Waals surface area contributed by atoms with Crippen molar-refractivity contribution in [2.45, 2.75) is 31.3 Å². The molecule has 2 rings (SSSR count). The van der Waals surface area contributed by atoms with Crippen molar-refractivity contribution in [2.24, 2.45) is 16.3 Å². The number of aromatic nitrogens is 2. The number of aryl methyl sites for hydroxylation is 1. The monoisotopic (exact) mass is 252 g/mol. The van der Waals surface area contributed by atoms with E-state index in [9.17, 15) is 0 Å². The third kappa shape index (κ3) is 3.33. The zero-order valence-electron chi connectivity index (χ0n) is 9.76. The second kappa shape index (κ2) is 4.91. The lowest BCUT2D eigenvalue weighted by molar-refractivity contribution is 0.315. The summed E-state index contributed by atoms with van der Waals surface area (Å²) in [5, 5.41) is 12.4. The standard InChI is InChI=1S/C11H16N4OS/c1-8-5-13-10(14-6-8)17-7-11(2-3-11)4-9(12)15-16/h5-6,16H,2-4,7H2,1H3,(H2,12,15). The van der Waals surface area contributed by atoms with E-state index in [0.717, 1.165) is 29.3 Å². The highest BCUT2D eigenvalue weighted by Gasteiger charge is 2.43. The van der Waals surface area contributed by atoms with E-state index < -0.39 is 0 Å². The van der Waals surface area contributed by atoms with Crippen molar-refractivity contribution < 1.29 is 5.21 Å². The molecule has 1 fully saturated rings. The fraction of sp³-hybridized carbons (Fsp3) is 0.545. The van der Waals surface area contributed by atoms with Crippen LogP contribution in [0, 0.1) is 12.3 Å². The summed E-state index contributed by atoms with van der Waals surface area (Å²) in [5.41, 5.74) is 6.80. The van der Waals surface area contributed by atoms with Crippen LogP contribution in [-0.4, -0.2) is 26.8 Å². The van der Waals surface area contributed by atoms with Gasteiger partial charge in [0.25, 0.3) is 0 Å². The van der Waals surface area contributed by atoms with E-state index in [2.05, 4.69) is 15.1 Å². The summed E-state index contributed by atoms with van der Waals surface area (Å²) in [6, 6.07) is 0. The number of thioether (sulfide) groups is 1. The second-order valence-electron chi connectivity index (χ2n) is 4.60. The third-order valence-corrected chi connectivity index (χ3v) is 4.13. The molecule has 1 aliphatic carbocycles. The largest absolute Gasteiger partial charge is 0.409 e. The number of nitrogens with zero attached hydrogens (tertiary/aromatic N) is 3. The fourth-order valence-electron chi connectivity index (χ4n) is 1.64. The molecule has 0 radical (unpaired) electrons. The molecule has 5 nitrogen and oxygen atoms in total. The number of amidine groups is 1. The van der Waals surface area contributed by atoms with Gasteiger partial charge in [0.1, 0.15) is 5.84 Å². The molecule has 17 heavy (non-hydrogen) atoms. The molecule has 1 aliphatic rings. The first kappa shape index (κ1) is 12.2. The minimum atomic E-state index is 0.190. The van der Waals surface area contributed by atoms with Gasteiger partial charge in [-0.05, 0) is 30.7 Å². The molecular weight excluding hydrogens is 236 g/mol. The maximum atomic E-state index is 8.57. The van der Waals surface area contributed by atoms with Crippen molar-refractivity contribution in [2.75, 3.05) is 5.75 Å². The molecule has 1 aromatic heterocycles. The molecule has 0 saturated heterocycles. The minimum absolute atomic E-state index is 0.190. The zero-order chi connectivity index (χ0) is 12.3. The van der Waals surface area contributed by atoms with Crippen molar-refractivity contribution >= 4 is 17.6 Å². The Hall–Kier alpha value is -1.30. The van der Waals surface area contributed by atoms with Gasteiger partial charge in [-0.25, -0.2) is 9.97 Å². The van der Waals surface area contributed by atoms with Crippen molar-refractivity contribution in [3.05, 3.63) is 18.0 Å². The van der Waals surface area contributed by atoms with Crippen molar-refractivity contribution in [1.29, 1.82) is 0 Å². The van der Waals surface area contributed by atoms with Gasteiger partial charge < -0.3 is 10.9 Å². The normalized spacial score (nSPS) is 18.1. The van der Waals surface area contributed by atoms with E-state index in [4.69, 9.17) is 10.9 Å². The van der Waals surface area contributed by atoms with Gasteiger partial charge in [0.05, 0.1) is 0 Å². The first-order valence-electron chi connectivity index (χ1n) is 5.51. The van der Waals surface area contributed by atoms with Gasteiger partial charge in [-0.1, -0.05) is 16.9 Å². The molecule has 1 aromatic rings. The van der Waals surface area contributed by atoms with E-state index >= 15 is 0 Å². The van der Waals surface area contributed by atoms with Crippen LogP contribution in [0.3, 0.4) is 0 Å². The summed E-state index contributed by atoms with van der Waals surface area (Å²) in [4.78, 5) is 8.50. The van der Waals surface area contributed by atoms with Crippen molar-refractivity contribution in [1.82, 2.24) is 9.97 Å². The molecule has 0 spiro atoms. The van der Waals surface area contributed by atoms with Crippen LogP contribution >= 0.6 is 11.8 Å². The van der Waals surface area contributed by atoms with Gasteiger partial charge in [0.2, 0.25) is 0 Å². The number of hydrogen-bond donors (Lipinski definition) is 2. The molecule has 6 heteroatoms. The number of hydrogen-bond acceptors (Lipinski definition) is 5. The van der Waals surface area contributed by atoms with Crippen LogP contribution in [0.2, 0.25) is 0 Å². The highest BCUT2D eigenvalue weighted by Crippen LogP contribution is 2.51. The van der Waals surface area contributed by atoms with Crippen LogP contribution in [0.5, 0.6) is 0 Å². The summed E-state index contributed by atoms with van der Waals surface area (Å²) >= 11 is 1.64. The molecule has 0 aliphatic heterocycles. The minimum Gasteiger partial charge on any atom is -0.409 e. The Balaban J connectivity index is 1.88. The van der Waals surface area contributed by atoms with Crippen LogP contribution < -0.4 is 5.73 Å². The SMILES string of the molecule is Cc1cnc(SCC2(CC(N)=NO)CC2)nc1. The van der Waals surface area contributed by atoms with Crippen molar-refractivity contribution in [3.8, 4) is 0 Å². The van der Waals surface area contributed by atoms with E-state index in [0.29, 0.717) is 12.3 Å². The Labute approximate surface area is 105 Å². The summed E-state index contributed by atoms with van der Waals surface area (Å²) in [7, 11) is 0. The predicted molar refractivity (Wildman–Crippen MR) is 67.2 cm³/mol. The quantitative estimate of drug-likeness (QED) is 0.208. The number of oxime groups is 1. The molecule has 0 bridgehead atoms. The van der Waals surface area contributed by atoms with Crippen LogP contribution in [-0.2, 0) is 0 Å². The number of rotatable bonds is 5. The fourth-order valence-corrected chi connectivity index (χ4v) is 2.72. The Kier molecular flexibility index (Phi) is 3.51. The Bertz CT molecular complexity index is 414. The Morgan fingerprint density at radius 2 is 2.18 bits per heavy atom. The lowest BCUT2D eigenvalue weighted by atomic mass is 10.1. The van der Waals surface area contributed by atoms with Gasteiger partial charge in [-0.15, -0.1) is 0 Å². The first-order chi connectivity index (χ1) is 8.13. The number of nitrogens with two attached hydrogens (primary N) is 1. The molecule has 0 atom stereocenters. The Morgan fingerprint density at radius 1 is 1.53 bits per heavy atom. The molecule has 1 saturated carbocycles. The highest BCUT2D eigenvalue weighted by molar-refractivity contribution is 7.99. The van der Waals surface area contributed by atoms with Gasteiger partial charge in [0, 0.05) is 24.6 Å². The lowest BCUT2D eigenvalue weighted by Crippen LogP contribution is -2.19. The predicted octanol–water partition coefficient (Wildman–Crippen LogP) is 1.79. The Morgan fingerprint density at radius 3 is 2.71 bits per heavy atom. The van der Waals surface area contributed by atoms with Crippen molar-refractivity contribution in [3.63, 3.8) is 0 Å². The molecule has 92 valence electrons. The maximum Gasteiger partial charge on any atom is 0.187 e. The lowest BCUT2D eigenvalue weighted by Gasteiger charge is -2.12. The van der Waals surface area contributed by atoms with E-state index in [1.54, 1.807) is 11.8 Å². The van der Waals surface area contributed by atoms with Gasteiger partial charge >= 0.3 is 0 Å². The average Bonchev–Trinajstić information content (AvgIpc) is 3.09. The second-order valence-corrected chi connectivity index (χ2v) is 5.54. The van der Waals surface area contributed by atoms with Crippen LogP contribution in [0.4, 0.5) is 0 Å².